The Labute approximate surface area is 213 Å². The number of halogens is 3. The Morgan fingerprint density at radius 3 is 2.35 bits per heavy atom. The number of rotatable bonds is 6. The van der Waals surface area contributed by atoms with Gasteiger partial charge in [-0.1, -0.05) is 36.4 Å². The lowest BCUT2D eigenvalue weighted by atomic mass is 9.88. The van der Waals surface area contributed by atoms with Crippen molar-refractivity contribution in [1.29, 1.82) is 0 Å². The molecule has 37 heavy (non-hydrogen) atoms. The number of nitrogens with zero attached hydrogens (tertiary/aromatic N) is 3. The zero-order chi connectivity index (χ0) is 26.2. The Hall–Kier alpha value is -3.81. The highest BCUT2D eigenvalue weighted by Gasteiger charge is 2.25. The quantitative estimate of drug-likeness (QED) is 0.338. The standard InChI is InChI=1S/C29H29F3N4O/c1-19-27(36-18-24(30)9-12-26(36)34-19)28(37)33-17-20-3-10-25(11-4-20)35-15-13-22(14-16-35)21-5-7-23(8-6-21)29(2,31)32/h3-12,18,22H,13-17H2,1-2H3,(H,33,37). The van der Waals surface area contributed by atoms with Gasteiger partial charge in [-0.3, -0.25) is 9.20 Å². The summed E-state index contributed by atoms with van der Waals surface area (Å²) in [5, 5.41) is 2.91. The van der Waals surface area contributed by atoms with Gasteiger partial charge in [0.25, 0.3) is 11.8 Å². The van der Waals surface area contributed by atoms with Gasteiger partial charge in [0.05, 0.1) is 5.69 Å². The molecule has 0 bridgehead atoms. The first-order chi connectivity index (χ1) is 17.7. The molecule has 0 spiro atoms. The van der Waals surface area contributed by atoms with E-state index in [9.17, 15) is 18.0 Å². The van der Waals surface area contributed by atoms with Gasteiger partial charge in [0.15, 0.2) is 0 Å². The van der Waals surface area contributed by atoms with E-state index >= 15 is 0 Å². The predicted molar refractivity (Wildman–Crippen MR) is 138 cm³/mol. The monoisotopic (exact) mass is 506 g/mol. The first-order valence-corrected chi connectivity index (χ1v) is 12.4. The smallest absolute Gasteiger partial charge is 0.270 e. The third-order valence-corrected chi connectivity index (χ3v) is 7.11. The second kappa shape index (κ2) is 9.92. The predicted octanol–water partition coefficient (Wildman–Crippen LogP) is 6.21. The van der Waals surface area contributed by atoms with E-state index < -0.39 is 11.7 Å². The van der Waals surface area contributed by atoms with Crippen LogP contribution in [0.5, 0.6) is 0 Å². The largest absolute Gasteiger partial charge is 0.371 e. The van der Waals surface area contributed by atoms with Gasteiger partial charge >= 0.3 is 0 Å². The summed E-state index contributed by atoms with van der Waals surface area (Å²) in [7, 11) is 0. The molecule has 3 heterocycles. The lowest BCUT2D eigenvalue weighted by Crippen LogP contribution is -2.32. The SMILES string of the molecule is Cc1nc2ccc(F)cn2c1C(=O)NCc1ccc(N2CCC(c3ccc(C(C)(F)F)cc3)CC2)cc1. The minimum absolute atomic E-state index is 0.0486. The van der Waals surface area contributed by atoms with Crippen LogP contribution >= 0.6 is 0 Å². The number of carbonyl (C=O) groups is 1. The van der Waals surface area contributed by atoms with E-state index in [0.717, 1.165) is 49.7 Å². The number of imidazole rings is 1. The number of alkyl halides is 2. The number of aromatic nitrogens is 2. The van der Waals surface area contributed by atoms with Crippen molar-refractivity contribution in [2.24, 2.45) is 0 Å². The number of carbonyl (C=O) groups excluding carboxylic acids is 1. The Morgan fingerprint density at radius 2 is 1.70 bits per heavy atom. The molecule has 0 saturated carbocycles. The maximum absolute atomic E-state index is 13.7. The molecule has 2 aromatic carbocycles. The lowest BCUT2D eigenvalue weighted by Gasteiger charge is -2.34. The van der Waals surface area contributed by atoms with Crippen molar-refractivity contribution in [3.05, 3.63) is 101 Å². The summed E-state index contributed by atoms with van der Waals surface area (Å²) in [6.07, 6.45) is 3.18. The van der Waals surface area contributed by atoms with Crippen LogP contribution in [0.4, 0.5) is 18.9 Å². The number of aryl methyl sites for hydroxylation is 1. The van der Waals surface area contributed by atoms with Gasteiger partial charge in [-0.2, -0.15) is 0 Å². The van der Waals surface area contributed by atoms with E-state index in [1.165, 1.54) is 28.8 Å². The van der Waals surface area contributed by atoms with Crippen molar-refractivity contribution < 1.29 is 18.0 Å². The number of amides is 1. The van der Waals surface area contributed by atoms with Gasteiger partial charge < -0.3 is 10.2 Å². The second-order valence-electron chi connectivity index (χ2n) is 9.74. The molecule has 5 rings (SSSR count). The van der Waals surface area contributed by atoms with Gasteiger partial charge in [0.2, 0.25) is 0 Å². The lowest BCUT2D eigenvalue weighted by molar-refractivity contribution is 0.0174. The highest BCUT2D eigenvalue weighted by Crippen LogP contribution is 2.33. The van der Waals surface area contributed by atoms with Gasteiger partial charge in [-0.05, 0) is 61.1 Å². The maximum Gasteiger partial charge on any atom is 0.270 e. The Morgan fingerprint density at radius 1 is 1.03 bits per heavy atom. The van der Waals surface area contributed by atoms with Crippen LogP contribution in [-0.2, 0) is 12.5 Å². The molecule has 1 N–H and O–H groups in total. The molecule has 192 valence electrons. The number of benzene rings is 2. The number of pyridine rings is 1. The molecular weight excluding hydrogens is 477 g/mol. The van der Waals surface area contributed by atoms with Gasteiger partial charge in [0, 0.05) is 44.0 Å². The zero-order valence-corrected chi connectivity index (χ0v) is 20.8. The fraction of sp³-hybridized carbons (Fsp3) is 0.310. The third kappa shape index (κ3) is 5.33. The number of piperidine rings is 1. The van der Waals surface area contributed by atoms with E-state index in [4.69, 9.17) is 0 Å². The third-order valence-electron chi connectivity index (χ3n) is 7.11. The minimum atomic E-state index is -2.82. The summed E-state index contributed by atoms with van der Waals surface area (Å²) in [6, 6.07) is 17.7. The van der Waals surface area contributed by atoms with Crippen molar-refractivity contribution in [3.8, 4) is 0 Å². The Balaban J connectivity index is 1.16. The first kappa shape index (κ1) is 24.9. The number of hydrogen-bond acceptors (Lipinski definition) is 3. The fourth-order valence-electron chi connectivity index (χ4n) is 5.02. The van der Waals surface area contributed by atoms with Crippen molar-refractivity contribution in [2.75, 3.05) is 18.0 Å². The average molecular weight is 507 g/mol. The zero-order valence-electron chi connectivity index (χ0n) is 20.8. The van der Waals surface area contributed by atoms with Crippen LogP contribution in [0.25, 0.3) is 5.65 Å². The topological polar surface area (TPSA) is 49.6 Å². The number of fused-ring (bicyclic) bond motifs is 1. The molecule has 0 aliphatic carbocycles. The molecule has 2 aromatic heterocycles. The molecule has 1 fully saturated rings. The molecule has 1 aliphatic heterocycles. The summed E-state index contributed by atoms with van der Waals surface area (Å²) in [6.45, 7) is 4.77. The second-order valence-corrected chi connectivity index (χ2v) is 9.74. The van der Waals surface area contributed by atoms with Gasteiger partial charge in [-0.15, -0.1) is 0 Å². The van der Waals surface area contributed by atoms with Crippen LogP contribution in [0.1, 0.15) is 58.6 Å². The molecule has 1 aliphatic rings. The normalized spacial score (nSPS) is 14.8. The van der Waals surface area contributed by atoms with Crippen LogP contribution in [0, 0.1) is 12.7 Å². The molecule has 1 saturated heterocycles. The maximum atomic E-state index is 13.7. The number of nitrogens with one attached hydrogen (secondary N) is 1. The molecule has 1 amide bonds. The van der Waals surface area contributed by atoms with Crippen molar-refractivity contribution in [2.45, 2.75) is 45.1 Å². The minimum Gasteiger partial charge on any atom is -0.371 e. The molecule has 0 unspecified atom stereocenters. The van der Waals surface area contributed by atoms with Crippen LogP contribution in [0.2, 0.25) is 0 Å². The van der Waals surface area contributed by atoms with E-state index in [1.54, 1.807) is 13.0 Å². The number of hydrogen-bond donors (Lipinski definition) is 1. The fourth-order valence-corrected chi connectivity index (χ4v) is 5.02. The molecule has 5 nitrogen and oxygen atoms in total. The molecule has 8 heteroatoms. The molecule has 0 radical (unpaired) electrons. The van der Waals surface area contributed by atoms with E-state index in [1.807, 2.05) is 24.3 Å². The summed E-state index contributed by atoms with van der Waals surface area (Å²) >= 11 is 0. The molecule has 0 atom stereocenters. The van der Waals surface area contributed by atoms with Crippen molar-refractivity contribution >= 4 is 17.2 Å². The highest BCUT2D eigenvalue weighted by atomic mass is 19.3. The first-order valence-electron chi connectivity index (χ1n) is 12.4. The summed E-state index contributed by atoms with van der Waals surface area (Å²) in [4.78, 5) is 19.5. The van der Waals surface area contributed by atoms with Gasteiger partial charge in [0.1, 0.15) is 17.2 Å². The van der Waals surface area contributed by atoms with E-state index in [0.29, 0.717) is 29.5 Å². The Bertz CT molecular complexity index is 1400. The van der Waals surface area contributed by atoms with E-state index in [-0.39, 0.29) is 11.5 Å². The Kier molecular flexibility index (Phi) is 6.67. The van der Waals surface area contributed by atoms with Crippen LogP contribution in [0.15, 0.2) is 66.9 Å². The average Bonchev–Trinajstić information content (AvgIpc) is 3.22. The van der Waals surface area contributed by atoms with Crippen LogP contribution < -0.4 is 10.2 Å². The summed E-state index contributed by atoms with van der Waals surface area (Å²) < 4.78 is 42.1. The molecular formula is C29H29F3N4O. The van der Waals surface area contributed by atoms with Gasteiger partial charge in [-0.25, -0.2) is 18.2 Å². The van der Waals surface area contributed by atoms with Crippen LogP contribution in [0.3, 0.4) is 0 Å². The molecule has 4 aromatic rings. The summed E-state index contributed by atoms with van der Waals surface area (Å²) in [5.41, 5.74) is 4.63. The summed E-state index contributed by atoms with van der Waals surface area (Å²) in [5.74, 6) is -3.19. The highest BCUT2D eigenvalue weighted by molar-refractivity contribution is 5.94. The van der Waals surface area contributed by atoms with Crippen LogP contribution in [-0.4, -0.2) is 28.4 Å². The van der Waals surface area contributed by atoms with Crippen molar-refractivity contribution in [1.82, 2.24) is 14.7 Å². The number of anilines is 1. The van der Waals surface area contributed by atoms with E-state index in [2.05, 4.69) is 27.3 Å². The van der Waals surface area contributed by atoms with Crippen molar-refractivity contribution in [3.63, 3.8) is 0 Å².